The largest absolute Gasteiger partial charge is 0.496 e. The highest BCUT2D eigenvalue weighted by Crippen LogP contribution is 2.46. The topological polar surface area (TPSA) is 30.5 Å². The van der Waals surface area contributed by atoms with Crippen molar-refractivity contribution in [1.82, 2.24) is 5.32 Å². The first-order chi connectivity index (χ1) is 9.26. The maximum absolute atomic E-state index is 5.61. The molecule has 2 fully saturated rings. The molecule has 0 bridgehead atoms. The maximum atomic E-state index is 5.61. The number of rotatable bonds is 3. The van der Waals surface area contributed by atoms with Crippen LogP contribution in [0.25, 0.3) is 0 Å². The monoisotopic (exact) mass is 261 g/mol. The number of piperidine rings is 1. The van der Waals surface area contributed by atoms with Gasteiger partial charge in [-0.05, 0) is 44.8 Å². The third-order valence-corrected chi connectivity index (χ3v) is 4.73. The number of methoxy groups -OCH3 is 1. The summed E-state index contributed by atoms with van der Waals surface area (Å²) in [5, 5.41) is 3.45. The second-order valence-electron chi connectivity index (χ2n) is 5.88. The predicted octanol–water partition coefficient (Wildman–Crippen LogP) is 2.27. The number of aryl methyl sites for hydroxylation is 1. The van der Waals surface area contributed by atoms with Gasteiger partial charge in [-0.3, -0.25) is 0 Å². The van der Waals surface area contributed by atoms with Gasteiger partial charge in [-0.1, -0.05) is 17.7 Å². The van der Waals surface area contributed by atoms with Crippen molar-refractivity contribution in [1.29, 1.82) is 0 Å². The fraction of sp³-hybridized carbons (Fsp3) is 0.625. The Balaban J connectivity index is 1.99. The van der Waals surface area contributed by atoms with Crippen molar-refractivity contribution in [2.75, 3.05) is 33.4 Å². The molecule has 0 amide bonds. The normalized spacial score (nSPS) is 22.8. The Bertz CT molecular complexity index is 448. The molecule has 2 saturated heterocycles. The first-order valence-corrected chi connectivity index (χ1v) is 7.20. The minimum absolute atomic E-state index is 0.180. The van der Waals surface area contributed by atoms with Crippen molar-refractivity contribution in [3.63, 3.8) is 0 Å². The van der Waals surface area contributed by atoms with E-state index in [0.29, 0.717) is 5.92 Å². The Morgan fingerprint density at radius 3 is 2.58 bits per heavy atom. The van der Waals surface area contributed by atoms with Gasteiger partial charge < -0.3 is 14.8 Å². The fourth-order valence-electron chi connectivity index (χ4n) is 3.52. The van der Waals surface area contributed by atoms with Crippen LogP contribution >= 0.6 is 0 Å². The third-order valence-electron chi connectivity index (χ3n) is 4.73. The third kappa shape index (κ3) is 2.15. The van der Waals surface area contributed by atoms with E-state index in [1.54, 1.807) is 7.11 Å². The van der Waals surface area contributed by atoms with Gasteiger partial charge in [0, 0.05) is 11.0 Å². The minimum Gasteiger partial charge on any atom is -0.496 e. The average Bonchev–Trinajstić information content (AvgIpc) is 2.39. The molecule has 2 aliphatic heterocycles. The van der Waals surface area contributed by atoms with Gasteiger partial charge in [0.1, 0.15) is 5.75 Å². The van der Waals surface area contributed by atoms with Crippen LogP contribution in [-0.4, -0.2) is 33.4 Å². The van der Waals surface area contributed by atoms with Crippen molar-refractivity contribution < 1.29 is 9.47 Å². The lowest BCUT2D eigenvalue weighted by atomic mass is 9.65. The number of benzene rings is 1. The predicted molar refractivity (Wildman–Crippen MR) is 75.8 cm³/mol. The summed E-state index contributed by atoms with van der Waals surface area (Å²) in [4.78, 5) is 0. The molecule has 2 heterocycles. The smallest absolute Gasteiger partial charge is 0.122 e. The molecule has 0 unspecified atom stereocenters. The molecule has 0 aliphatic carbocycles. The van der Waals surface area contributed by atoms with Crippen molar-refractivity contribution in [2.45, 2.75) is 25.2 Å². The van der Waals surface area contributed by atoms with Crippen LogP contribution in [0.4, 0.5) is 0 Å². The van der Waals surface area contributed by atoms with Gasteiger partial charge >= 0.3 is 0 Å². The van der Waals surface area contributed by atoms with Gasteiger partial charge in [0.25, 0.3) is 0 Å². The molecule has 19 heavy (non-hydrogen) atoms. The summed E-state index contributed by atoms with van der Waals surface area (Å²) in [6.07, 6.45) is 2.47. The zero-order chi connectivity index (χ0) is 13.3. The van der Waals surface area contributed by atoms with E-state index in [-0.39, 0.29) is 5.41 Å². The first-order valence-electron chi connectivity index (χ1n) is 7.20. The van der Waals surface area contributed by atoms with Crippen LogP contribution in [0, 0.1) is 12.8 Å². The minimum atomic E-state index is 0.180. The van der Waals surface area contributed by atoms with Crippen LogP contribution < -0.4 is 10.1 Å². The number of nitrogens with one attached hydrogen (secondary N) is 1. The van der Waals surface area contributed by atoms with Crippen molar-refractivity contribution in [2.24, 2.45) is 5.92 Å². The van der Waals surface area contributed by atoms with Crippen molar-refractivity contribution in [3.8, 4) is 5.75 Å². The quantitative estimate of drug-likeness (QED) is 0.905. The fourth-order valence-corrected chi connectivity index (χ4v) is 3.52. The summed E-state index contributed by atoms with van der Waals surface area (Å²) < 4.78 is 11.2. The number of hydrogen-bond donors (Lipinski definition) is 1. The molecule has 0 spiro atoms. The lowest BCUT2D eigenvalue weighted by Gasteiger charge is -2.49. The zero-order valence-electron chi connectivity index (χ0n) is 11.9. The Morgan fingerprint density at radius 1 is 1.26 bits per heavy atom. The van der Waals surface area contributed by atoms with Gasteiger partial charge in [-0.15, -0.1) is 0 Å². The van der Waals surface area contributed by atoms with E-state index < -0.39 is 0 Å². The van der Waals surface area contributed by atoms with Crippen LogP contribution in [0.3, 0.4) is 0 Å². The lowest BCUT2D eigenvalue weighted by Crippen LogP contribution is -2.55. The number of ether oxygens (including phenoxy) is 2. The van der Waals surface area contributed by atoms with Crippen LogP contribution in [0.5, 0.6) is 5.75 Å². The molecular formula is C16H23NO2. The van der Waals surface area contributed by atoms with Gasteiger partial charge in [0.15, 0.2) is 0 Å². The van der Waals surface area contributed by atoms with Crippen LogP contribution in [-0.2, 0) is 10.2 Å². The molecule has 3 nitrogen and oxygen atoms in total. The molecule has 1 N–H and O–H groups in total. The standard InChI is InChI=1S/C16H23NO2/c1-12-3-4-15(18-2)14(9-12)16(10-19-11-16)13-5-7-17-8-6-13/h3-4,9,13,17H,5-8,10-11H2,1-2H3. The summed E-state index contributed by atoms with van der Waals surface area (Å²) in [6.45, 7) is 6.09. The maximum Gasteiger partial charge on any atom is 0.122 e. The molecular weight excluding hydrogens is 238 g/mol. The summed E-state index contributed by atoms with van der Waals surface area (Å²) in [5.41, 5.74) is 2.84. The first kappa shape index (κ1) is 12.9. The SMILES string of the molecule is COc1ccc(C)cc1C1(C2CCNCC2)COC1. The highest BCUT2D eigenvalue weighted by Gasteiger charge is 2.48. The van der Waals surface area contributed by atoms with E-state index in [1.807, 2.05) is 0 Å². The second kappa shape index (κ2) is 5.14. The molecule has 104 valence electrons. The highest BCUT2D eigenvalue weighted by atomic mass is 16.5. The molecule has 0 atom stereocenters. The lowest BCUT2D eigenvalue weighted by molar-refractivity contribution is -0.0972. The molecule has 3 rings (SSSR count). The summed E-state index contributed by atoms with van der Waals surface area (Å²) in [5.74, 6) is 1.73. The summed E-state index contributed by atoms with van der Waals surface area (Å²) in [7, 11) is 1.77. The van der Waals surface area contributed by atoms with E-state index >= 15 is 0 Å². The summed E-state index contributed by atoms with van der Waals surface area (Å²) in [6, 6.07) is 6.52. The van der Waals surface area contributed by atoms with Gasteiger partial charge in [0.05, 0.1) is 20.3 Å². The van der Waals surface area contributed by atoms with E-state index in [2.05, 4.69) is 30.4 Å². The van der Waals surface area contributed by atoms with Crippen LogP contribution in [0.1, 0.15) is 24.0 Å². The molecule has 0 saturated carbocycles. The zero-order valence-corrected chi connectivity index (χ0v) is 11.9. The van der Waals surface area contributed by atoms with E-state index in [1.165, 1.54) is 24.0 Å². The summed E-state index contributed by atoms with van der Waals surface area (Å²) >= 11 is 0. The van der Waals surface area contributed by atoms with E-state index in [9.17, 15) is 0 Å². The Labute approximate surface area is 115 Å². The average molecular weight is 261 g/mol. The second-order valence-corrected chi connectivity index (χ2v) is 5.88. The Hall–Kier alpha value is -1.06. The van der Waals surface area contributed by atoms with Crippen molar-refractivity contribution >= 4 is 0 Å². The molecule has 3 heteroatoms. The van der Waals surface area contributed by atoms with Gasteiger partial charge in [-0.2, -0.15) is 0 Å². The molecule has 0 radical (unpaired) electrons. The molecule has 1 aromatic rings. The van der Waals surface area contributed by atoms with E-state index in [4.69, 9.17) is 9.47 Å². The van der Waals surface area contributed by atoms with Crippen molar-refractivity contribution in [3.05, 3.63) is 29.3 Å². The van der Waals surface area contributed by atoms with Gasteiger partial charge in [0.2, 0.25) is 0 Å². The molecule has 0 aromatic heterocycles. The van der Waals surface area contributed by atoms with Crippen LogP contribution in [0.15, 0.2) is 18.2 Å². The van der Waals surface area contributed by atoms with E-state index in [0.717, 1.165) is 32.1 Å². The molecule has 1 aromatic carbocycles. The Morgan fingerprint density at radius 2 is 2.00 bits per heavy atom. The van der Waals surface area contributed by atoms with Crippen LogP contribution in [0.2, 0.25) is 0 Å². The molecule has 2 aliphatic rings. The Kier molecular flexibility index (Phi) is 3.50. The number of hydrogen-bond acceptors (Lipinski definition) is 3. The van der Waals surface area contributed by atoms with Gasteiger partial charge in [-0.25, -0.2) is 0 Å². The highest BCUT2D eigenvalue weighted by molar-refractivity contribution is 5.44.